The highest BCUT2D eigenvalue weighted by atomic mass is 32.2. The number of amidine groups is 1. The topological polar surface area (TPSA) is 112 Å². The van der Waals surface area contributed by atoms with Crippen LogP contribution in [-0.4, -0.2) is 45.8 Å². The van der Waals surface area contributed by atoms with Gasteiger partial charge < -0.3 is 14.9 Å². The van der Waals surface area contributed by atoms with E-state index in [9.17, 15) is 14.7 Å². The van der Waals surface area contributed by atoms with Gasteiger partial charge in [0, 0.05) is 0 Å². The zero-order valence-electron chi connectivity index (χ0n) is 14.8. The predicted octanol–water partition coefficient (Wildman–Crippen LogP) is 2.71. The van der Waals surface area contributed by atoms with Crippen LogP contribution in [0, 0.1) is 0 Å². The van der Waals surface area contributed by atoms with E-state index in [0.29, 0.717) is 5.69 Å². The molecule has 8 nitrogen and oxygen atoms in total. The second kappa shape index (κ2) is 8.57. The minimum Gasteiger partial charge on any atom is -0.508 e. The lowest BCUT2D eigenvalue weighted by Crippen LogP contribution is -2.32. The standard InChI is InChI=1S/C19H17N3O5S/c1-27-15-8-2-12(3-9-15)11-20-21-19-22(13-4-6-14(23)7-5-13)18(26)16(28-19)10-17(24)25/h2-9,11,16,23H,10H2,1H3,(H,24,25)/b20-11+,21-19+/t16-/m0/s1. The molecule has 1 amide bonds. The fourth-order valence-corrected chi connectivity index (χ4v) is 3.58. The van der Waals surface area contributed by atoms with E-state index < -0.39 is 17.1 Å². The summed E-state index contributed by atoms with van der Waals surface area (Å²) in [5, 5.41) is 26.1. The molecular formula is C19H17N3O5S. The van der Waals surface area contributed by atoms with Gasteiger partial charge in [-0.25, -0.2) is 0 Å². The van der Waals surface area contributed by atoms with Gasteiger partial charge in [0.05, 0.1) is 25.4 Å². The number of rotatable bonds is 6. The zero-order chi connectivity index (χ0) is 20.1. The summed E-state index contributed by atoms with van der Waals surface area (Å²) in [4.78, 5) is 25.0. The average Bonchev–Trinajstić information content (AvgIpc) is 2.98. The van der Waals surface area contributed by atoms with Gasteiger partial charge >= 0.3 is 5.97 Å². The average molecular weight is 399 g/mol. The Labute approximate surface area is 165 Å². The molecule has 2 aromatic carbocycles. The maximum absolute atomic E-state index is 12.7. The van der Waals surface area contributed by atoms with E-state index in [4.69, 9.17) is 9.84 Å². The van der Waals surface area contributed by atoms with Crippen molar-refractivity contribution in [3.63, 3.8) is 0 Å². The van der Waals surface area contributed by atoms with Crippen LogP contribution in [0.2, 0.25) is 0 Å². The Bertz CT molecular complexity index is 926. The summed E-state index contributed by atoms with van der Waals surface area (Å²) in [6.45, 7) is 0. The summed E-state index contributed by atoms with van der Waals surface area (Å²) >= 11 is 1.04. The van der Waals surface area contributed by atoms with Crippen LogP contribution in [0.1, 0.15) is 12.0 Å². The fourth-order valence-electron chi connectivity index (χ4n) is 2.50. The van der Waals surface area contributed by atoms with Crippen LogP contribution in [0.5, 0.6) is 11.5 Å². The summed E-state index contributed by atoms with van der Waals surface area (Å²) in [5.74, 6) is -0.687. The van der Waals surface area contributed by atoms with Crippen molar-refractivity contribution in [3.8, 4) is 11.5 Å². The molecule has 0 bridgehead atoms. The van der Waals surface area contributed by atoms with Gasteiger partial charge in [-0.05, 0) is 54.1 Å². The predicted molar refractivity (Wildman–Crippen MR) is 107 cm³/mol. The van der Waals surface area contributed by atoms with E-state index in [2.05, 4.69) is 10.2 Å². The van der Waals surface area contributed by atoms with Crippen LogP contribution in [0.3, 0.4) is 0 Å². The molecule has 1 fully saturated rings. The number of aliphatic carboxylic acids is 1. The minimum absolute atomic E-state index is 0.0566. The van der Waals surface area contributed by atoms with E-state index in [1.165, 1.54) is 23.2 Å². The molecule has 9 heteroatoms. The van der Waals surface area contributed by atoms with Crippen molar-refractivity contribution < 1.29 is 24.5 Å². The van der Waals surface area contributed by atoms with Gasteiger partial charge in [-0.2, -0.15) is 5.10 Å². The number of methoxy groups -OCH3 is 1. The summed E-state index contributed by atoms with van der Waals surface area (Å²) in [6.07, 6.45) is 1.20. The minimum atomic E-state index is -1.07. The quantitative estimate of drug-likeness (QED) is 0.571. The summed E-state index contributed by atoms with van der Waals surface area (Å²) in [7, 11) is 1.58. The van der Waals surface area contributed by atoms with Gasteiger partial charge in [0.2, 0.25) is 5.91 Å². The van der Waals surface area contributed by atoms with Crippen molar-refractivity contribution >= 4 is 40.7 Å². The fraction of sp³-hybridized carbons (Fsp3) is 0.158. The molecule has 2 aromatic rings. The lowest BCUT2D eigenvalue weighted by Gasteiger charge is -2.15. The van der Waals surface area contributed by atoms with E-state index >= 15 is 0 Å². The van der Waals surface area contributed by atoms with Crippen LogP contribution in [0.25, 0.3) is 0 Å². The molecule has 1 atom stereocenters. The molecule has 3 rings (SSSR count). The molecule has 0 spiro atoms. The highest BCUT2D eigenvalue weighted by molar-refractivity contribution is 8.16. The maximum Gasteiger partial charge on any atom is 0.305 e. The number of carboxylic acids is 1. The number of phenolic OH excluding ortho intramolecular Hbond substituents is 1. The van der Waals surface area contributed by atoms with Crippen molar-refractivity contribution in [3.05, 3.63) is 54.1 Å². The SMILES string of the molecule is COc1ccc(/C=N/N=C2/S[C@@H](CC(=O)O)C(=O)N2c2ccc(O)cc2)cc1. The number of aromatic hydroxyl groups is 1. The van der Waals surface area contributed by atoms with Crippen LogP contribution in [-0.2, 0) is 9.59 Å². The number of carbonyl (C=O) groups excluding carboxylic acids is 1. The van der Waals surface area contributed by atoms with Crippen LogP contribution in [0.4, 0.5) is 5.69 Å². The van der Waals surface area contributed by atoms with E-state index in [1.54, 1.807) is 43.5 Å². The van der Waals surface area contributed by atoms with Crippen molar-refractivity contribution in [2.75, 3.05) is 12.0 Å². The highest BCUT2D eigenvalue weighted by Gasteiger charge is 2.40. The Morgan fingerprint density at radius 2 is 1.89 bits per heavy atom. The Balaban J connectivity index is 1.86. The molecule has 1 heterocycles. The number of anilines is 1. The first-order valence-electron chi connectivity index (χ1n) is 8.24. The second-order valence-electron chi connectivity index (χ2n) is 5.79. The Morgan fingerprint density at radius 1 is 1.21 bits per heavy atom. The molecule has 28 heavy (non-hydrogen) atoms. The largest absolute Gasteiger partial charge is 0.508 e. The van der Waals surface area contributed by atoms with Gasteiger partial charge in [-0.1, -0.05) is 11.8 Å². The zero-order valence-corrected chi connectivity index (χ0v) is 15.7. The number of ether oxygens (including phenoxy) is 1. The lowest BCUT2D eigenvalue weighted by molar-refractivity contribution is -0.138. The molecule has 1 saturated heterocycles. The van der Waals surface area contributed by atoms with E-state index in [0.717, 1.165) is 23.1 Å². The smallest absolute Gasteiger partial charge is 0.305 e. The number of benzene rings is 2. The summed E-state index contributed by atoms with van der Waals surface area (Å²) < 4.78 is 5.10. The second-order valence-corrected chi connectivity index (χ2v) is 6.96. The number of thioether (sulfide) groups is 1. The van der Waals surface area contributed by atoms with Gasteiger partial charge in [0.1, 0.15) is 16.7 Å². The summed E-state index contributed by atoms with van der Waals surface area (Å²) in [6, 6.07) is 13.2. The molecule has 0 aliphatic carbocycles. The van der Waals surface area contributed by atoms with Gasteiger partial charge in [-0.3, -0.25) is 14.5 Å². The number of nitrogens with zero attached hydrogens (tertiary/aromatic N) is 3. The molecule has 1 aliphatic rings. The monoisotopic (exact) mass is 399 g/mol. The van der Waals surface area contributed by atoms with Gasteiger partial charge in [-0.15, -0.1) is 5.10 Å². The van der Waals surface area contributed by atoms with Gasteiger partial charge in [0.25, 0.3) is 0 Å². The Hall–Kier alpha value is -3.33. The van der Waals surface area contributed by atoms with Crippen molar-refractivity contribution in [1.82, 2.24) is 0 Å². The molecular weight excluding hydrogens is 382 g/mol. The number of hydrogen-bond acceptors (Lipinski definition) is 7. The maximum atomic E-state index is 12.7. The molecule has 144 valence electrons. The number of phenols is 1. The van der Waals surface area contributed by atoms with Crippen LogP contribution in [0.15, 0.2) is 58.7 Å². The summed E-state index contributed by atoms with van der Waals surface area (Å²) in [5.41, 5.74) is 1.26. The van der Waals surface area contributed by atoms with Crippen molar-refractivity contribution in [1.29, 1.82) is 0 Å². The normalized spacial score (nSPS) is 18.2. The third kappa shape index (κ3) is 4.49. The van der Waals surface area contributed by atoms with Crippen molar-refractivity contribution in [2.24, 2.45) is 10.2 Å². The van der Waals surface area contributed by atoms with E-state index in [1.807, 2.05) is 0 Å². The third-order valence-electron chi connectivity index (χ3n) is 3.87. The molecule has 0 radical (unpaired) electrons. The number of carbonyl (C=O) groups is 2. The van der Waals surface area contributed by atoms with Gasteiger partial charge in [0.15, 0.2) is 5.17 Å². The van der Waals surface area contributed by atoms with Crippen LogP contribution >= 0.6 is 11.8 Å². The Morgan fingerprint density at radius 3 is 2.50 bits per heavy atom. The third-order valence-corrected chi connectivity index (χ3v) is 5.00. The first-order valence-corrected chi connectivity index (χ1v) is 9.12. The first kappa shape index (κ1) is 19.4. The lowest BCUT2D eigenvalue weighted by atomic mass is 10.2. The number of hydrogen-bond donors (Lipinski definition) is 2. The van der Waals surface area contributed by atoms with Crippen LogP contribution < -0.4 is 9.64 Å². The number of amides is 1. The number of carboxylic acid groups (broad SMARTS) is 1. The van der Waals surface area contributed by atoms with E-state index in [-0.39, 0.29) is 17.3 Å². The Kier molecular flexibility index (Phi) is 5.95. The molecule has 2 N–H and O–H groups in total. The highest BCUT2D eigenvalue weighted by Crippen LogP contribution is 2.34. The van der Waals surface area contributed by atoms with Crippen molar-refractivity contribution in [2.45, 2.75) is 11.7 Å². The molecule has 1 aliphatic heterocycles. The molecule has 0 aromatic heterocycles. The molecule has 0 saturated carbocycles. The molecule has 0 unspecified atom stereocenters. The first-order chi connectivity index (χ1) is 13.5.